The summed E-state index contributed by atoms with van der Waals surface area (Å²) < 4.78 is 38.5. The van der Waals surface area contributed by atoms with Gasteiger partial charge < -0.3 is 4.90 Å². The molecule has 0 radical (unpaired) electrons. The van der Waals surface area contributed by atoms with Gasteiger partial charge in [0.25, 0.3) is 0 Å². The highest BCUT2D eigenvalue weighted by atomic mass is 19.4. The number of halogens is 3. The topological polar surface area (TPSA) is 20.3 Å². The normalized spacial score (nSPS) is 10.9. The molecule has 0 spiro atoms. The van der Waals surface area contributed by atoms with Gasteiger partial charge in [0.15, 0.2) is 6.29 Å². The Labute approximate surface area is 110 Å². The number of hydrogen-bond acceptors (Lipinski definition) is 2. The van der Waals surface area contributed by atoms with Crippen molar-refractivity contribution in [3.05, 3.63) is 29.3 Å². The molecule has 0 aliphatic heterocycles. The van der Waals surface area contributed by atoms with Crippen molar-refractivity contribution in [3.8, 4) is 12.3 Å². The smallest absolute Gasteiger partial charge is 0.360 e. The number of carbonyl (C=O) groups excluding carboxylic acids is 1. The molecular weight excluding hydrogens is 255 g/mol. The van der Waals surface area contributed by atoms with Gasteiger partial charge in [-0.15, -0.1) is 6.42 Å². The summed E-state index contributed by atoms with van der Waals surface area (Å²) in [6.45, 7) is 2.70. The molecule has 0 N–H and O–H groups in total. The maximum absolute atomic E-state index is 12.8. The minimum atomic E-state index is -4.56. The molecule has 1 aromatic carbocycles. The van der Waals surface area contributed by atoms with Crippen LogP contribution >= 0.6 is 0 Å². The first kappa shape index (κ1) is 15.1. The Morgan fingerprint density at radius 2 is 2.11 bits per heavy atom. The second kappa shape index (κ2) is 6.28. The Bertz CT molecular complexity index is 488. The summed E-state index contributed by atoms with van der Waals surface area (Å²) in [5.74, 6) is 2.41. The number of nitrogens with zero attached hydrogens (tertiary/aromatic N) is 1. The highest BCUT2D eigenvalue weighted by Gasteiger charge is 2.33. The number of hydrogen-bond donors (Lipinski definition) is 0. The van der Waals surface area contributed by atoms with E-state index >= 15 is 0 Å². The van der Waals surface area contributed by atoms with Crippen LogP contribution in [0, 0.1) is 12.3 Å². The van der Waals surface area contributed by atoms with E-state index < -0.39 is 11.7 Å². The van der Waals surface area contributed by atoms with Crippen LogP contribution < -0.4 is 4.90 Å². The van der Waals surface area contributed by atoms with E-state index in [1.807, 2.05) is 6.92 Å². The lowest BCUT2D eigenvalue weighted by Gasteiger charge is -2.23. The van der Waals surface area contributed by atoms with E-state index in [2.05, 4.69) is 5.92 Å². The van der Waals surface area contributed by atoms with E-state index in [9.17, 15) is 18.0 Å². The van der Waals surface area contributed by atoms with Gasteiger partial charge >= 0.3 is 6.18 Å². The zero-order valence-corrected chi connectivity index (χ0v) is 10.5. The third-order valence-corrected chi connectivity index (χ3v) is 2.61. The molecule has 1 rings (SSSR count). The molecular formula is C14H14F3NO. The first-order valence-electron chi connectivity index (χ1n) is 5.78. The van der Waals surface area contributed by atoms with Gasteiger partial charge in [-0.1, -0.05) is 12.8 Å². The molecule has 2 nitrogen and oxygen atoms in total. The lowest BCUT2D eigenvalue weighted by molar-refractivity contribution is -0.137. The fourth-order valence-electron chi connectivity index (χ4n) is 1.77. The summed E-state index contributed by atoms with van der Waals surface area (Å²) in [5.41, 5.74) is -0.927. The van der Waals surface area contributed by atoms with Crippen molar-refractivity contribution in [1.29, 1.82) is 0 Å². The number of aldehydes is 1. The molecule has 0 amide bonds. The summed E-state index contributed by atoms with van der Waals surface area (Å²) in [4.78, 5) is 12.3. The minimum Gasteiger partial charge on any atom is -0.360 e. The Kier molecular flexibility index (Phi) is 4.99. The van der Waals surface area contributed by atoms with Crippen LogP contribution in [0.4, 0.5) is 18.9 Å². The minimum absolute atomic E-state index is 0.206. The molecule has 19 heavy (non-hydrogen) atoms. The molecule has 0 atom stereocenters. The van der Waals surface area contributed by atoms with Crippen LogP contribution in [-0.4, -0.2) is 19.4 Å². The summed E-state index contributed by atoms with van der Waals surface area (Å²) in [7, 11) is 0. The van der Waals surface area contributed by atoms with E-state index in [0.29, 0.717) is 12.2 Å². The van der Waals surface area contributed by atoms with Crippen molar-refractivity contribution < 1.29 is 18.0 Å². The van der Waals surface area contributed by atoms with Crippen molar-refractivity contribution >= 4 is 12.0 Å². The maximum atomic E-state index is 12.8. The molecule has 0 saturated heterocycles. The monoisotopic (exact) mass is 269 g/mol. The van der Waals surface area contributed by atoms with Crippen LogP contribution in [0.3, 0.4) is 0 Å². The van der Waals surface area contributed by atoms with Gasteiger partial charge in [0, 0.05) is 17.8 Å². The van der Waals surface area contributed by atoms with Gasteiger partial charge in [0.05, 0.1) is 12.1 Å². The third-order valence-electron chi connectivity index (χ3n) is 2.61. The van der Waals surface area contributed by atoms with Gasteiger partial charge in [0.2, 0.25) is 0 Å². The standard InChI is InChI=1S/C14H14F3NO/c1-3-7-18(8-4-2)12-6-5-11(10-19)13(9-12)14(15,16)17/h1,5-6,9-10H,4,7-8H2,2H3. The maximum Gasteiger partial charge on any atom is 0.417 e. The molecule has 0 fully saturated rings. The van der Waals surface area contributed by atoms with E-state index in [1.165, 1.54) is 12.1 Å². The molecule has 0 aromatic heterocycles. The van der Waals surface area contributed by atoms with Gasteiger partial charge in [-0.2, -0.15) is 13.2 Å². The summed E-state index contributed by atoms with van der Waals surface area (Å²) >= 11 is 0. The molecule has 0 aliphatic rings. The van der Waals surface area contributed by atoms with Crippen LogP contribution in [0.25, 0.3) is 0 Å². The predicted octanol–water partition coefficient (Wildman–Crippen LogP) is 3.37. The highest BCUT2D eigenvalue weighted by Crippen LogP contribution is 2.34. The Morgan fingerprint density at radius 3 is 2.58 bits per heavy atom. The number of terminal acetylenes is 1. The fourth-order valence-corrected chi connectivity index (χ4v) is 1.77. The number of carbonyl (C=O) groups is 1. The second-order valence-electron chi connectivity index (χ2n) is 4.01. The number of benzene rings is 1. The molecule has 0 bridgehead atoms. The number of anilines is 1. The van der Waals surface area contributed by atoms with Crippen LogP contribution in [0.1, 0.15) is 29.3 Å². The SMILES string of the molecule is C#CCN(CCC)c1ccc(C=O)c(C(F)(F)F)c1. The Morgan fingerprint density at radius 1 is 1.42 bits per heavy atom. The first-order valence-corrected chi connectivity index (χ1v) is 5.78. The molecule has 5 heteroatoms. The van der Waals surface area contributed by atoms with Gasteiger partial charge in [-0.25, -0.2) is 0 Å². The van der Waals surface area contributed by atoms with Crippen molar-refractivity contribution in [1.82, 2.24) is 0 Å². The van der Waals surface area contributed by atoms with Crippen LogP contribution in [0.2, 0.25) is 0 Å². The van der Waals surface area contributed by atoms with E-state index in [0.717, 1.165) is 12.5 Å². The van der Waals surface area contributed by atoms with Gasteiger partial charge in [-0.05, 0) is 24.6 Å². The summed E-state index contributed by atoms with van der Waals surface area (Å²) in [5, 5.41) is 0. The lowest BCUT2D eigenvalue weighted by Crippen LogP contribution is -2.25. The summed E-state index contributed by atoms with van der Waals surface area (Å²) in [6.07, 6.45) is 1.62. The van der Waals surface area contributed by atoms with E-state index in [1.54, 1.807) is 4.90 Å². The third kappa shape index (κ3) is 3.75. The number of rotatable bonds is 5. The molecule has 0 saturated carbocycles. The van der Waals surface area contributed by atoms with E-state index in [4.69, 9.17) is 6.42 Å². The fraction of sp³-hybridized carbons (Fsp3) is 0.357. The zero-order valence-electron chi connectivity index (χ0n) is 10.5. The van der Waals surface area contributed by atoms with Gasteiger partial charge in [0.1, 0.15) is 0 Å². The van der Waals surface area contributed by atoms with Crippen molar-refractivity contribution in [2.75, 3.05) is 18.0 Å². The summed E-state index contributed by atoms with van der Waals surface area (Å²) in [6, 6.07) is 3.62. The van der Waals surface area contributed by atoms with Crippen molar-refractivity contribution in [2.45, 2.75) is 19.5 Å². The zero-order chi connectivity index (χ0) is 14.5. The molecule has 0 heterocycles. The van der Waals surface area contributed by atoms with Gasteiger partial charge in [-0.3, -0.25) is 4.79 Å². The average molecular weight is 269 g/mol. The van der Waals surface area contributed by atoms with Crippen LogP contribution in [0.15, 0.2) is 18.2 Å². The molecule has 102 valence electrons. The van der Waals surface area contributed by atoms with Crippen molar-refractivity contribution in [3.63, 3.8) is 0 Å². The van der Waals surface area contributed by atoms with Crippen LogP contribution in [-0.2, 0) is 6.18 Å². The van der Waals surface area contributed by atoms with Crippen molar-refractivity contribution in [2.24, 2.45) is 0 Å². The average Bonchev–Trinajstić information content (AvgIpc) is 2.37. The Balaban J connectivity index is 3.23. The van der Waals surface area contributed by atoms with Crippen LogP contribution in [0.5, 0.6) is 0 Å². The predicted molar refractivity (Wildman–Crippen MR) is 68.2 cm³/mol. The second-order valence-corrected chi connectivity index (χ2v) is 4.01. The molecule has 0 unspecified atom stereocenters. The van der Waals surface area contributed by atoms with E-state index in [-0.39, 0.29) is 18.4 Å². The number of alkyl halides is 3. The quantitative estimate of drug-likeness (QED) is 0.603. The highest BCUT2D eigenvalue weighted by molar-refractivity contribution is 5.79. The lowest BCUT2D eigenvalue weighted by atomic mass is 10.1. The molecule has 0 aliphatic carbocycles. The Hall–Kier alpha value is -1.96. The largest absolute Gasteiger partial charge is 0.417 e. The molecule has 1 aromatic rings. The first-order chi connectivity index (χ1) is 8.93.